The summed E-state index contributed by atoms with van der Waals surface area (Å²) >= 11 is 0. The Hall–Kier alpha value is -2.63. The highest BCUT2D eigenvalue weighted by Crippen LogP contribution is 2.44. The first kappa shape index (κ1) is 20.6. The molecule has 0 fully saturated rings. The third kappa shape index (κ3) is 3.87. The zero-order chi connectivity index (χ0) is 21.5. The lowest BCUT2D eigenvalue weighted by molar-refractivity contribution is 0.0646. The minimum absolute atomic E-state index is 0.0702. The van der Waals surface area contributed by atoms with Crippen LogP contribution in [0.1, 0.15) is 53.4 Å². The molecule has 30 heavy (non-hydrogen) atoms. The van der Waals surface area contributed by atoms with Gasteiger partial charge in [0.15, 0.2) is 5.76 Å². The van der Waals surface area contributed by atoms with E-state index >= 15 is 0 Å². The summed E-state index contributed by atoms with van der Waals surface area (Å²) in [7, 11) is 1.69. The van der Waals surface area contributed by atoms with Crippen LogP contribution in [0.25, 0.3) is 6.08 Å². The van der Waals surface area contributed by atoms with Crippen LogP contribution in [0.15, 0.2) is 36.1 Å². The minimum atomic E-state index is -0.0702. The standard InChI is InChI=1S/C25H29NO4/c1-16-12-20-19(14-26(15-29-20)10-11-28-5)24-22(16)23(27)21(30-24)13-17-6-8-18(9-7-17)25(2,3)4/h6-9,12-13H,10-11,14-15H2,1-5H3/b21-13-. The molecule has 0 spiro atoms. The predicted octanol–water partition coefficient (Wildman–Crippen LogP) is 4.71. The molecule has 5 nitrogen and oxygen atoms in total. The molecule has 0 unspecified atom stereocenters. The van der Waals surface area contributed by atoms with Gasteiger partial charge in [0.2, 0.25) is 5.78 Å². The number of rotatable bonds is 4. The Labute approximate surface area is 178 Å². The van der Waals surface area contributed by atoms with Gasteiger partial charge in [0, 0.05) is 20.2 Å². The second-order valence-electron chi connectivity index (χ2n) is 9.00. The second kappa shape index (κ2) is 7.89. The van der Waals surface area contributed by atoms with Crippen molar-refractivity contribution in [1.82, 2.24) is 4.90 Å². The highest BCUT2D eigenvalue weighted by molar-refractivity contribution is 6.15. The van der Waals surface area contributed by atoms with Gasteiger partial charge in [-0.25, -0.2) is 0 Å². The summed E-state index contributed by atoms with van der Waals surface area (Å²) in [6, 6.07) is 10.2. The predicted molar refractivity (Wildman–Crippen MR) is 117 cm³/mol. The fourth-order valence-electron chi connectivity index (χ4n) is 3.87. The topological polar surface area (TPSA) is 48.0 Å². The highest BCUT2D eigenvalue weighted by Gasteiger charge is 2.35. The van der Waals surface area contributed by atoms with E-state index in [1.54, 1.807) is 7.11 Å². The molecule has 2 aliphatic rings. The van der Waals surface area contributed by atoms with E-state index in [4.69, 9.17) is 14.2 Å². The number of allylic oxidation sites excluding steroid dienone is 1. The van der Waals surface area contributed by atoms with Crippen molar-refractivity contribution in [3.63, 3.8) is 0 Å². The number of ether oxygens (including phenoxy) is 3. The van der Waals surface area contributed by atoms with Gasteiger partial charge >= 0.3 is 0 Å². The van der Waals surface area contributed by atoms with Crippen LogP contribution in [0.5, 0.6) is 11.5 Å². The van der Waals surface area contributed by atoms with Crippen LogP contribution in [0.2, 0.25) is 0 Å². The number of carbonyl (C=O) groups excluding carboxylic acids is 1. The summed E-state index contributed by atoms with van der Waals surface area (Å²) in [5.41, 5.74) is 4.74. The Morgan fingerprint density at radius 2 is 1.93 bits per heavy atom. The molecular formula is C25H29NO4. The Balaban J connectivity index is 1.64. The fraction of sp³-hybridized carbons (Fsp3) is 0.400. The van der Waals surface area contributed by atoms with Gasteiger partial charge < -0.3 is 14.2 Å². The fourth-order valence-corrected chi connectivity index (χ4v) is 3.87. The van der Waals surface area contributed by atoms with E-state index in [1.165, 1.54) is 5.56 Å². The first-order chi connectivity index (χ1) is 14.3. The average Bonchev–Trinajstić information content (AvgIpc) is 3.03. The van der Waals surface area contributed by atoms with Crippen molar-refractivity contribution in [2.45, 2.75) is 39.7 Å². The summed E-state index contributed by atoms with van der Waals surface area (Å²) in [5, 5.41) is 0. The van der Waals surface area contributed by atoms with Crippen molar-refractivity contribution in [2.75, 3.05) is 27.0 Å². The molecule has 4 rings (SSSR count). The van der Waals surface area contributed by atoms with Gasteiger partial charge in [-0.1, -0.05) is 45.0 Å². The first-order valence-corrected chi connectivity index (χ1v) is 10.3. The molecule has 2 aromatic rings. The molecule has 0 radical (unpaired) electrons. The van der Waals surface area contributed by atoms with Crippen molar-refractivity contribution >= 4 is 11.9 Å². The zero-order valence-electron chi connectivity index (χ0n) is 18.4. The zero-order valence-corrected chi connectivity index (χ0v) is 18.4. The van der Waals surface area contributed by atoms with Gasteiger partial charge in [0.25, 0.3) is 0 Å². The molecule has 0 N–H and O–H groups in total. The summed E-state index contributed by atoms with van der Waals surface area (Å²) < 4.78 is 17.2. The summed E-state index contributed by atoms with van der Waals surface area (Å²) in [4.78, 5) is 15.3. The van der Waals surface area contributed by atoms with Crippen molar-refractivity contribution in [3.05, 3.63) is 63.9 Å². The van der Waals surface area contributed by atoms with E-state index in [2.05, 4.69) is 37.8 Å². The van der Waals surface area contributed by atoms with Crippen LogP contribution >= 0.6 is 0 Å². The maximum absolute atomic E-state index is 13.1. The average molecular weight is 408 g/mol. The Morgan fingerprint density at radius 3 is 2.60 bits per heavy atom. The number of ketones is 1. The van der Waals surface area contributed by atoms with E-state index in [0.29, 0.717) is 37.0 Å². The number of nitrogens with zero attached hydrogens (tertiary/aromatic N) is 1. The number of aryl methyl sites for hydroxylation is 1. The van der Waals surface area contributed by atoms with Crippen molar-refractivity contribution in [2.24, 2.45) is 0 Å². The molecule has 2 aromatic carbocycles. The molecule has 0 aliphatic carbocycles. The molecule has 0 amide bonds. The number of Topliss-reactive ketones (excluding diaryl/α,β-unsaturated/α-hetero) is 1. The van der Waals surface area contributed by atoms with Gasteiger partial charge in [0.1, 0.15) is 18.2 Å². The molecule has 0 saturated carbocycles. The number of carbonyl (C=O) groups is 1. The molecule has 2 heterocycles. The number of methoxy groups -OCH3 is 1. The van der Waals surface area contributed by atoms with Gasteiger partial charge in [-0.2, -0.15) is 0 Å². The van der Waals surface area contributed by atoms with Crippen molar-refractivity contribution in [3.8, 4) is 11.5 Å². The molecule has 2 aliphatic heterocycles. The molecular weight excluding hydrogens is 378 g/mol. The Kier molecular flexibility index (Phi) is 5.43. The van der Waals surface area contributed by atoms with Gasteiger partial charge in [-0.3, -0.25) is 9.69 Å². The van der Waals surface area contributed by atoms with Crippen LogP contribution in [-0.4, -0.2) is 37.7 Å². The lowest BCUT2D eigenvalue weighted by Gasteiger charge is -2.29. The highest BCUT2D eigenvalue weighted by atomic mass is 16.5. The second-order valence-corrected chi connectivity index (χ2v) is 9.00. The van der Waals surface area contributed by atoms with Gasteiger partial charge in [-0.05, 0) is 41.2 Å². The molecule has 0 atom stereocenters. The minimum Gasteiger partial charge on any atom is -0.478 e. The summed E-state index contributed by atoms with van der Waals surface area (Å²) in [6.07, 6.45) is 1.83. The number of hydrogen-bond acceptors (Lipinski definition) is 5. The summed E-state index contributed by atoms with van der Waals surface area (Å²) in [6.45, 7) is 11.0. The van der Waals surface area contributed by atoms with Crippen molar-refractivity contribution in [1.29, 1.82) is 0 Å². The third-order valence-electron chi connectivity index (χ3n) is 5.67. The monoisotopic (exact) mass is 407 g/mol. The van der Waals surface area contributed by atoms with E-state index < -0.39 is 0 Å². The smallest absolute Gasteiger partial charge is 0.232 e. The molecule has 0 aromatic heterocycles. The van der Waals surface area contributed by atoms with Crippen LogP contribution < -0.4 is 9.47 Å². The Bertz CT molecular complexity index is 999. The van der Waals surface area contributed by atoms with E-state index in [9.17, 15) is 4.79 Å². The molecule has 158 valence electrons. The number of fused-ring (bicyclic) bond motifs is 3. The third-order valence-corrected chi connectivity index (χ3v) is 5.67. The lowest BCUT2D eigenvalue weighted by Crippen LogP contribution is -2.34. The van der Waals surface area contributed by atoms with Crippen LogP contribution in [-0.2, 0) is 16.7 Å². The maximum atomic E-state index is 13.1. The van der Waals surface area contributed by atoms with Crippen LogP contribution in [0.3, 0.4) is 0 Å². The van der Waals surface area contributed by atoms with Crippen molar-refractivity contribution < 1.29 is 19.0 Å². The van der Waals surface area contributed by atoms with E-state index in [1.807, 2.05) is 31.2 Å². The quantitative estimate of drug-likeness (QED) is 0.687. The normalized spacial score (nSPS) is 17.5. The van der Waals surface area contributed by atoms with Crippen LogP contribution in [0, 0.1) is 6.92 Å². The van der Waals surface area contributed by atoms with Gasteiger partial charge in [-0.15, -0.1) is 0 Å². The number of hydrogen-bond donors (Lipinski definition) is 0. The Morgan fingerprint density at radius 1 is 1.20 bits per heavy atom. The largest absolute Gasteiger partial charge is 0.478 e. The maximum Gasteiger partial charge on any atom is 0.232 e. The van der Waals surface area contributed by atoms with E-state index in [-0.39, 0.29) is 11.2 Å². The van der Waals surface area contributed by atoms with E-state index in [0.717, 1.165) is 29.0 Å². The molecule has 0 saturated heterocycles. The molecule has 5 heteroatoms. The summed E-state index contributed by atoms with van der Waals surface area (Å²) in [5.74, 6) is 1.72. The number of benzene rings is 2. The molecule has 0 bridgehead atoms. The van der Waals surface area contributed by atoms with Crippen LogP contribution in [0.4, 0.5) is 0 Å². The SMILES string of the molecule is COCCN1COc2cc(C)c3c(c2C1)O/C(=C\c1ccc(C(C)(C)C)cc1)C3=O. The lowest BCUT2D eigenvalue weighted by atomic mass is 9.86. The van der Waals surface area contributed by atoms with Gasteiger partial charge in [0.05, 0.1) is 17.7 Å². The first-order valence-electron chi connectivity index (χ1n) is 10.3.